The Morgan fingerprint density at radius 1 is 0.742 bits per heavy atom. The van der Waals surface area contributed by atoms with Gasteiger partial charge < -0.3 is 15.0 Å². The molecule has 2 N–H and O–H groups in total. The normalized spacial score (nSPS) is 28.2. The minimum Gasteiger partial charge on any atom is -0.396 e. The minimum atomic E-state index is -0.0603. The smallest absolute Gasteiger partial charge is 0.132 e. The van der Waals surface area contributed by atoms with Crippen molar-refractivity contribution in [1.82, 2.24) is 0 Å². The average molecular weight is 865 g/mol. The molecule has 9 atom stereocenters. The molecule has 360 valence electrons. The zero-order chi connectivity index (χ0) is 47.6. The van der Waals surface area contributed by atoms with Gasteiger partial charge in [-0.05, 0) is 148 Å². The van der Waals surface area contributed by atoms with E-state index in [0.29, 0.717) is 34.4 Å². The fraction of sp³-hybridized carbons (Fsp3) is 0.828. The Balaban J connectivity index is 0.000000414. The van der Waals surface area contributed by atoms with Gasteiger partial charge in [-0.1, -0.05) is 177 Å². The highest BCUT2D eigenvalue weighted by Crippen LogP contribution is 2.50. The van der Waals surface area contributed by atoms with Crippen molar-refractivity contribution in [3.8, 4) is 0 Å². The number of aliphatic hydroxyl groups is 2. The highest BCUT2D eigenvalue weighted by atomic mass is 16.3. The van der Waals surface area contributed by atoms with Crippen molar-refractivity contribution < 1.29 is 19.8 Å². The molecule has 0 aromatic carbocycles. The maximum absolute atomic E-state index is 11.6. The Labute approximate surface area is 386 Å². The number of aldehydes is 1. The quantitative estimate of drug-likeness (QED) is 0.106. The number of carbonyl (C=O) groups is 2. The van der Waals surface area contributed by atoms with Crippen molar-refractivity contribution in [3.63, 3.8) is 0 Å². The third-order valence-corrected chi connectivity index (χ3v) is 16.9. The van der Waals surface area contributed by atoms with Gasteiger partial charge in [0.2, 0.25) is 0 Å². The number of rotatable bonds is 18. The van der Waals surface area contributed by atoms with E-state index >= 15 is 0 Å². The zero-order valence-electron chi connectivity index (χ0n) is 44.0. The summed E-state index contributed by atoms with van der Waals surface area (Å²) in [5.41, 5.74) is 6.87. The molecule has 0 saturated heterocycles. The molecule has 0 radical (unpaired) electrons. The first-order valence-electron chi connectivity index (χ1n) is 25.7. The van der Waals surface area contributed by atoms with Gasteiger partial charge >= 0.3 is 0 Å². The fourth-order valence-electron chi connectivity index (χ4n) is 11.9. The van der Waals surface area contributed by atoms with Crippen molar-refractivity contribution in [2.24, 2.45) is 69.0 Å². The van der Waals surface area contributed by atoms with Crippen LogP contribution in [-0.4, -0.2) is 35.0 Å². The van der Waals surface area contributed by atoms with E-state index < -0.39 is 0 Å². The monoisotopic (exact) mass is 865 g/mol. The molecular formula is C58H104O4. The van der Waals surface area contributed by atoms with Gasteiger partial charge in [-0.15, -0.1) is 0 Å². The molecule has 0 aromatic heterocycles. The fourth-order valence-corrected chi connectivity index (χ4v) is 11.9. The summed E-state index contributed by atoms with van der Waals surface area (Å²) >= 11 is 0. The van der Waals surface area contributed by atoms with E-state index in [4.69, 9.17) is 5.11 Å². The number of Topliss-reactive ketones (excluding diaryl/α,β-unsaturated/α-hetero) is 1. The van der Waals surface area contributed by atoms with Crippen molar-refractivity contribution in [3.05, 3.63) is 47.6 Å². The Morgan fingerprint density at radius 2 is 1.19 bits per heavy atom. The van der Waals surface area contributed by atoms with Crippen molar-refractivity contribution in [1.29, 1.82) is 0 Å². The van der Waals surface area contributed by atoms with Crippen LogP contribution in [0.2, 0.25) is 0 Å². The zero-order valence-corrected chi connectivity index (χ0v) is 44.0. The van der Waals surface area contributed by atoms with Crippen molar-refractivity contribution in [2.75, 3.05) is 6.61 Å². The standard InChI is InChI=1S/C15H30O.C15H28O.C14H24O.C14H22O/c2*1-5-7-13(16)9-10-14-12(2)8-6-11-15(14,3)4;2*1-10(9-15)8-11(2)13-7-6-12(3)14(13,4)5/h12-14,16H,5-11H2,1-4H3;12,14H,5-11H2,1-4H3;6,10,13,15H,2,7-9H2,1,3-5H3;6,9-10,13H,2,7-8H2,1,3-5H3/t12-,13?,14+;12-,14+;2*10?,13-/m0011/s1. The van der Waals surface area contributed by atoms with Crippen LogP contribution < -0.4 is 0 Å². The van der Waals surface area contributed by atoms with E-state index in [9.17, 15) is 14.7 Å². The van der Waals surface area contributed by atoms with E-state index in [1.807, 2.05) is 6.92 Å². The SMILES string of the molecule is C=C(CC(C)C=O)[C@H]1CC=C(C)C1(C)C.C=C(CC(C)CO)[C@H]1CC=C(C)C1(C)C.CCCC(=O)CC[C@@H]1[C@@H](C)CCCC1(C)C.CCCC(O)CC[C@@H]1[C@@H](C)CCCC1(C)C. The largest absolute Gasteiger partial charge is 0.396 e. The summed E-state index contributed by atoms with van der Waals surface area (Å²) in [7, 11) is 0. The molecule has 62 heavy (non-hydrogen) atoms. The third kappa shape index (κ3) is 18.2. The number of hydrogen-bond donors (Lipinski definition) is 2. The van der Waals surface area contributed by atoms with Gasteiger partial charge in [0.15, 0.2) is 0 Å². The lowest BCUT2D eigenvalue weighted by Crippen LogP contribution is -2.34. The van der Waals surface area contributed by atoms with Crippen molar-refractivity contribution in [2.45, 2.75) is 232 Å². The predicted molar refractivity (Wildman–Crippen MR) is 270 cm³/mol. The minimum absolute atomic E-state index is 0.0603. The van der Waals surface area contributed by atoms with E-state index in [2.05, 4.69) is 129 Å². The molecule has 0 spiro atoms. The lowest BCUT2D eigenvalue weighted by Gasteiger charge is -2.43. The Hall–Kier alpha value is -1.78. The second-order valence-electron chi connectivity index (χ2n) is 23.7. The van der Waals surface area contributed by atoms with Crippen LogP contribution >= 0.6 is 0 Å². The number of carbonyl (C=O) groups excluding carboxylic acids is 2. The van der Waals surface area contributed by atoms with Crippen LogP contribution in [0.1, 0.15) is 226 Å². The molecule has 4 rings (SSSR count). The summed E-state index contributed by atoms with van der Waals surface area (Å²) in [6.07, 6.45) is 25.8. The molecule has 0 aliphatic heterocycles. The molecule has 0 amide bonds. The molecule has 2 saturated carbocycles. The molecule has 0 aromatic rings. The van der Waals surface area contributed by atoms with Gasteiger partial charge in [-0.3, -0.25) is 4.79 Å². The summed E-state index contributed by atoms with van der Waals surface area (Å²) in [6.45, 7) is 44.8. The second-order valence-corrected chi connectivity index (χ2v) is 23.7. The summed E-state index contributed by atoms with van der Waals surface area (Å²) in [5.74, 6) is 5.21. The lowest BCUT2D eigenvalue weighted by atomic mass is 9.62. The first kappa shape index (κ1) is 58.2. The number of allylic oxidation sites excluding steroid dienone is 6. The summed E-state index contributed by atoms with van der Waals surface area (Å²) < 4.78 is 0. The van der Waals surface area contributed by atoms with Crippen LogP contribution in [0.4, 0.5) is 0 Å². The van der Waals surface area contributed by atoms with Gasteiger partial charge in [0.25, 0.3) is 0 Å². The van der Waals surface area contributed by atoms with Crippen LogP contribution in [0.3, 0.4) is 0 Å². The first-order valence-corrected chi connectivity index (χ1v) is 25.7. The molecule has 2 fully saturated rings. The van der Waals surface area contributed by atoms with Gasteiger partial charge in [0.05, 0.1) is 6.10 Å². The molecular weight excluding hydrogens is 761 g/mol. The van der Waals surface area contributed by atoms with Gasteiger partial charge in [0.1, 0.15) is 12.1 Å². The maximum atomic E-state index is 11.6. The summed E-state index contributed by atoms with van der Waals surface area (Å²) in [4.78, 5) is 22.2. The highest BCUT2D eigenvalue weighted by molar-refractivity contribution is 5.78. The number of ketones is 1. The van der Waals surface area contributed by atoms with Gasteiger partial charge in [-0.2, -0.15) is 0 Å². The Kier molecular flexibility index (Phi) is 25.4. The third-order valence-electron chi connectivity index (χ3n) is 16.9. The number of aliphatic hydroxyl groups excluding tert-OH is 2. The van der Waals surface area contributed by atoms with Crippen LogP contribution in [-0.2, 0) is 9.59 Å². The predicted octanol–water partition coefficient (Wildman–Crippen LogP) is 16.3. The molecule has 4 nitrogen and oxygen atoms in total. The lowest BCUT2D eigenvalue weighted by molar-refractivity contribution is -0.119. The van der Waals surface area contributed by atoms with Crippen LogP contribution in [0, 0.1) is 69.0 Å². The molecule has 0 bridgehead atoms. The molecule has 4 aliphatic rings. The summed E-state index contributed by atoms with van der Waals surface area (Å²) in [5, 5.41) is 18.9. The van der Waals surface area contributed by atoms with Gasteiger partial charge in [0, 0.05) is 25.4 Å². The van der Waals surface area contributed by atoms with Crippen molar-refractivity contribution >= 4 is 12.1 Å². The Morgan fingerprint density at radius 3 is 1.56 bits per heavy atom. The average Bonchev–Trinajstić information content (AvgIpc) is 3.61. The molecule has 0 heterocycles. The molecule has 4 aliphatic carbocycles. The van der Waals surface area contributed by atoms with E-state index in [1.165, 1.54) is 67.2 Å². The topological polar surface area (TPSA) is 74.6 Å². The van der Waals surface area contributed by atoms with E-state index in [1.54, 1.807) is 0 Å². The van der Waals surface area contributed by atoms with E-state index in [0.717, 1.165) is 101 Å². The van der Waals surface area contributed by atoms with Crippen LogP contribution in [0.5, 0.6) is 0 Å². The highest BCUT2D eigenvalue weighted by Gasteiger charge is 2.39. The van der Waals surface area contributed by atoms with E-state index in [-0.39, 0.29) is 29.5 Å². The Bertz CT molecular complexity index is 1420. The number of hydrogen-bond acceptors (Lipinski definition) is 4. The van der Waals surface area contributed by atoms with Crippen LogP contribution in [0.15, 0.2) is 47.6 Å². The van der Waals surface area contributed by atoms with Crippen LogP contribution in [0.25, 0.3) is 0 Å². The summed E-state index contributed by atoms with van der Waals surface area (Å²) in [6, 6.07) is 0. The maximum Gasteiger partial charge on any atom is 0.132 e. The molecule has 4 heteroatoms. The molecule has 3 unspecified atom stereocenters. The second kappa shape index (κ2) is 27.0. The first-order chi connectivity index (χ1) is 28.7. The van der Waals surface area contributed by atoms with Gasteiger partial charge in [-0.25, -0.2) is 0 Å².